The molecule has 2 unspecified atom stereocenters. The summed E-state index contributed by atoms with van der Waals surface area (Å²) >= 11 is 3.67. The van der Waals surface area contributed by atoms with Gasteiger partial charge in [-0.2, -0.15) is 5.10 Å². The predicted molar refractivity (Wildman–Crippen MR) is 87.5 cm³/mol. The summed E-state index contributed by atoms with van der Waals surface area (Å²) in [5, 5.41) is 15.7. The van der Waals surface area contributed by atoms with Gasteiger partial charge in [-0.25, -0.2) is 0 Å². The van der Waals surface area contributed by atoms with Crippen molar-refractivity contribution >= 4 is 15.9 Å². The van der Waals surface area contributed by atoms with Crippen LogP contribution in [-0.2, 0) is 24.1 Å². The molecule has 1 N–H and O–H groups in total. The van der Waals surface area contributed by atoms with Gasteiger partial charge >= 0.3 is 0 Å². The van der Waals surface area contributed by atoms with Crippen molar-refractivity contribution in [2.45, 2.75) is 77.5 Å². The molecule has 1 aliphatic heterocycles. The lowest BCUT2D eigenvalue weighted by Crippen LogP contribution is -2.48. The third-order valence-corrected chi connectivity index (χ3v) is 5.57. The van der Waals surface area contributed by atoms with Gasteiger partial charge in [0.25, 0.3) is 0 Å². The van der Waals surface area contributed by atoms with Crippen molar-refractivity contribution in [1.82, 2.24) is 9.78 Å². The summed E-state index contributed by atoms with van der Waals surface area (Å²) in [6.45, 7) is 9.86. The summed E-state index contributed by atoms with van der Waals surface area (Å²) in [5.74, 6) is 0. The van der Waals surface area contributed by atoms with Crippen LogP contribution in [0.25, 0.3) is 0 Å². The quantitative estimate of drug-likeness (QED) is 0.876. The molecule has 0 radical (unpaired) electrons. The Hall–Kier alpha value is -0.390. The van der Waals surface area contributed by atoms with E-state index in [4.69, 9.17) is 4.74 Å². The molecule has 1 aromatic heterocycles. The zero-order valence-corrected chi connectivity index (χ0v) is 15.2. The van der Waals surface area contributed by atoms with Crippen molar-refractivity contribution < 1.29 is 9.84 Å². The summed E-state index contributed by atoms with van der Waals surface area (Å²) in [5.41, 5.74) is 1.26. The zero-order valence-electron chi connectivity index (χ0n) is 13.6. The Balaban J connectivity index is 2.26. The highest BCUT2D eigenvalue weighted by molar-refractivity contribution is 9.10. The molecule has 0 spiro atoms. The molecule has 4 nitrogen and oxygen atoms in total. The van der Waals surface area contributed by atoms with E-state index in [2.05, 4.69) is 48.7 Å². The van der Waals surface area contributed by atoms with Gasteiger partial charge in [0.05, 0.1) is 33.7 Å². The molecule has 1 fully saturated rings. The van der Waals surface area contributed by atoms with Crippen LogP contribution in [0.3, 0.4) is 0 Å². The van der Waals surface area contributed by atoms with E-state index in [1.165, 1.54) is 0 Å². The Morgan fingerprint density at radius 1 is 1.38 bits per heavy atom. The minimum Gasteiger partial charge on any atom is -0.389 e. The number of halogens is 1. The number of aromatic nitrogens is 2. The Morgan fingerprint density at radius 3 is 2.67 bits per heavy atom. The van der Waals surface area contributed by atoms with E-state index in [-0.39, 0.29) is 5.60 Å². The smallest absolute Gasteiger partial charge is 0.0766 e. The topological polar surface area (TPSA) is 47.3 Å². The first-order chi connectivity index (χ1) is 9.86. The lowest BCUT2D eigenvalue weighted by atomic mass is 9.79. The fourth-order valence-corrected chi connectivity index (χ4v) is 3.90. The molecule has 0 saturated carbocycles. The SMILES string of the molecule is CCc1nn(CC)c(CC2(O)CCOC(C)(CC)C2)c1Br. The molecule has 0 aliphatic carbocycles. The van der Waals surface area contributed by atoms with Crippen molar-refractivity contribution in [2.24, 2.45) is 0 Å². The summed E-state index contributed by atoms with van der Waals surface area (Å²) in [7, 11) is 0. The van der Waals surface area contributed by atoms with Crippen molar-refractivity contribution in [3.8, 4) is 0 Å². The predicted octanol–water partition coefficient (Wildman–Crippen LogP) is 3.48. The Kier molecular flexibility index (Phi) is 5.16. The molecule has 0 aromatic carbocycles. The van der Waals surface area contributed by atoms with Gasteiger partial charge in [0.1, 0.15) is 0 Å². The van der Waals surface area contributed by atoms with Crippen molar-refractivity contribution in [2.75, 3.05) is 6.61 Å². The highest BCUT2D eigenvalue weighted by atomic mass is 79.9. The maximum Gasteiger partial charge on any atom is 0.0766 e. The highest BCUT2D eigenvalue weighted by Gasteiger charge is 2.42. The molecule has 1 aromatic rings. The van der Waals surface area contributed by atoms with E-state index in [1.54, 1.807) is 0 Å². The standard InChI is InChI=1S/C16H27BrN2O2/c1-5-12-14(17)13(19(7-3)18-12)10-16(20)8-9-21-15(4,6-2)11-16/h20H,5-11H2,1-4H3. The molecule has 0 bridgehead atoms. The van der Waals surface area contributed by atoms with Crippen LogP contribution in [0, 0.1) is 0 Å². The monoisotopic (exact) mass is 358 g/mol. The van der Waals surface area contributed by atoms with E-state index < -0.39 is 5.60 Å². The third kappa shape index (κ3) is 3.51. The van der Waals surface area contributed by atoms with Crippen LogP contribution in [0.15, 0.2) is 4.47 Å². The summed E-state index contributed by atoms with van der Waals surface area (Å²) in [6.07, 6.45) is 3.82. The number of aryl methyl sites for hydroxylation is 2. The molecule has 2 heterocycles. The lowest BCUT2D eigenvalue weighted by Gasteiger charge is -2.43. The van der Waals surface area contributed by atoms with Crippen LogP contribution in [0.1, 0.15) is 58.3 Å². The molecule has 0 amide bonds. The first-order valence-corrected chi connectivity index (χ1v) is 8.76. The second-order valence-electron chi connectivity index (χ2n) is 6.36. The maximum absolute atomic E-state index is 11.1. The summed E-state index contributed by atoms with van der Waals surface area (Å²) in [4.78, 5) is 0. The van der Waals surface area contributed by atoms with Gasteiger partial charge in [-0.15, -0.1) is 0 Å². The van der Waals surface area contributed by atoms with Crippen LogP contribution in [0.5, 0.6) is 0 Å². The first-order valence-electron chi connectivity index (χ1n) is 7.97. The third-order valence-electron chi connectivity index (χ3n) is 4.66. The van der Waals surface area contributed by atoms with E-state index in [9.17, 15) is 5.11 Å². The number of hydrogen-bond acceptors (Lipinski definition) is 3. The normalized spacial score (nSPS) is 29.8. The van der Waals surface area contributed by atoms with Crippen molar-refractivity contribution in [3.63, 3.8) is 0 Å². The summed E-state index contributed by atoms with van der Waals surface area (Å²) < 4.78 is 8.94. The lowest BCUT2D eigenvalue weighted by molar-refractivity contribution is -0.153. The minimum absolute atomic E-state index is 0.218. The van der Waals surface area contributed by atoms with Crippen LogP contribution in [-0.4, -0.2) is 32.7 Å². The van der Waals surface area contributed by atoms with Gasteiger partial charge < -0.3 is 9.84 Å². The zero-order chi connectivity index (χ0) is 15.7. The Morgan fingerprint density at radius 2 is 2.10 bits per heavy atom. The van der Waals surface area contributed by atoms with Crippen LogP contribution in [0.2, 0.25) is 0 Å². The average Bonchev–Trinajstić information content (AvgIpc) is 2.74. The average molecular weight is 359 g/mol. The fraction of sp³-hybridized carbons (Fsp3) is 0.812. The molecule has 21 heavy (non-hydrogen) atoms. The maximum atomic E-state index is 11.1. The Bertz CT molecular complexity index is 503. The van der Waals surface area contributed by atoms with Gasteiger partial charge in [0.2, 0.25) is 0 Å². The van der Waals surface area contributed by atoms with Gasteiger partial charge in [-0.1, -0.05) is 13.8 Å². The minimum atomic E-state index is -0.705. The van der Waals surface area contributed by atoms with Gasteiger partial charge in [0, 0.05) is 19.4 Å². The number of nitrogens with zero attached hydrogens (tertiary/aromatic N) is 2. The largest absolute Gasteiger partial charge is 0.389 e. The second kappa shape index (κ2) is 6.39. The molecular weight excluding hydrogens is 332 g/mol. The molecule has 2 atom stereocenters. The number of hydrogen-bond donors (Lipinski definition) is 1. The van der Waals surface area contributed by atoms with E-state index in [0.717, 1.165) is 35.2 Å². The number of aliphatic hydroxyl groups is 1. The number of ether oxygens (including phenoxy) is 1. The van der Waals surface area contributed by atoms with Crippen molar-refractivity contribution in [3.05, 3.63) is 15.9 Å². The Labute approximate surface area is 136 Å². The summed E-state index contributed by atoms with van der Waals surface area (Å²) in [6, 6.07) is 0. The van der Waals surface area contributed by atoms with E-state index in [0.29, 0.717) is 25.9 Å². The van der Waals surface area contributed by atoms with Crippen LogP contribution >= 0.6 is 15.9 Å². The van der Waals surface area contributed by atoms with Gasteiger partial charge in [-0.05, 0) is 49.0 Å². The molecular formula is C16H27BrN2O2. The van der Waals surface area contributed by atoms with E-state index >= 15 is 0 Å². The highest BCUT2D eigenvalue weighted by Crippen LogP contribution is 2.38. The first kappa shape index (κ1) is 17.0. The molecule has 5 heteroatoms. The van der Waals surface area contributed by atoms with Crippen LogP contribution < -0.4 is 0 Å². The molecule has 1 saturated heterocycles. The molecule has 2 rings (SSSR count). The van der Waals surface area contributed by atoms with Crippen molar-refractivity contribution in [1.29, 1.82) is 0 Å². The molecule has 1 aliphatic rings. The van der Waals surface area contributed by atoms with Gasteiger partial charge in [0.15, 0.2) is 0 Å². The molecule has 120 valence electrons. The van der Waals surface area contributed by atoms with Gasteiger partial charge in [-0.3, -0.25) is 4.68 Å². The number of rotatable bonds is 5. The van der Waals surface area contributed by atoms with Crippen LogP contribution in [0.4, 0.5) is 0 Å². The second-order valence-corrected chi connectivity index (χ2v) is 7.15. The van der Waals surface area contributed by atoms with E-state index in [1.807, 2.05) is 4.68 Å². The fourth-order valence-electron chi connectivity index (χ4n) is 3.20.